The van der Waals surface area contributed by atoms with E-state index in [1.165, 1.54) is 122 Å². The Bertz CT molecular complexity index is 2270. The third-order valence-electron chi connectivity index (χ3n) is 17.6. The fraction of sp³-hybridized carbons (Fsp3) is 0.861. The van der Waals surface area contributed by atoms with E-state index < -0.39 is 64.8 Å². The lowest BCUT2D eigenvalue weighted by Crippen LogP contribution is -2.42. The smallest absolute Gasteiger partial charge is 0.462 e. The van der Waals surface area contributed by atoms with Gasteiger partial charge in [-0.2, -0.15) is 0 Å². The van der Waals surface area contributed by atoms with E-state index in [0.717, 1.165) is 122 Å². The molecule has 0 aliphatic carbocycles. The molecule has 25 heteroatoms. The van der Waals surface area contributed by atoms with Crippen molar-refractivity contribution in [2.45, 2.75) is 361 Å². The molecule has 0 aromatic carbocycles. The number of nitrogens with one attached hydrogen (secondary N) is 4. The summed E-state index contributed by atoms with van der Waals surface area (Å²) in [6.45, 7) is 17.2. The maximum Gasteiger partial charge on any atom is 0.475 e. The molecule has 0 radical (unpaired) electrons. The molecule has 0 rings (SSSR count). The molecule has 0 aromatic rings. The Morgan fingerprint density at radius 2 is 0.683 bits per heavy atom. The molecule has 2 unspecified atom stereocenters. The second-order valence-electron chi connectivity index (χ2n) is 27.7. The number of amides is 4. The van der Waals surface area contributed by atoms with Crippen LogP contribution in [0, 0.1) is 0 Å². The van der Waals surface area contributed by atoms with Crippen LogP contribution in [-0.4, -0.2) is 145 Å². The summed E-state index contributed by atoms with van der Waals surface area (Å²) < 4.78 is 85.6. The van der Waals surface area contributed by atoms with Gasteiger partial charge in [-0.3, -0.25) is 55.9 Å². The first-order valence-electron chi connectivity index (χ1n) is 40.8. The number of unbranched alkanes of at least 4 members (excludes halogenated alkanes) is 32. The van der Waals surface area contributed by atoms with Crippen molar-refractivity contribution in [2.75, 3.05) is 79.2 Å². The van der Waals surface area contributed by atoms with Crippen LogP contribution in [0.25, 0.3) is 0 Å². The molecule has 0 saturated heterocycles. The van der Waals surface area contributed by atoms with Gasteiger partial charge in [-0.1, -0.05) is 252 Å². The van der Waals surface area contributed by atoms with Crippen molar-refractivity contribution < 1.29 is 88.8 Å². The molecule has 0 saturated carbocycles. The van der Waals surface area contributed by atoms with Crippen LogP contribution in [0.5, 0.6) is 0 Å². The molecule has 0 fully saturated rings. The highest BCUT2D eigenvalue weighted by Gasteiger charge is 2.31. The maximum absolute atomic E-state index is 14.1. The van der Waals surface area contributed by atoms with Crippen LogP contribution in [0.2, 0.25) is 0 Å². The molecule has 4 N–H and O–H groups in total. The zero-order valence-corrected chi connectivity index (χ0v) is 67.8. The van der Waals surface area contributed by atoms with Gasteiger partial charge in [0.1, 0.15) is 23.8 Å². The van der Waals surface area contributed by atoms with Crippen molar-refractivity contribution in [1.82, 2.24) is 21.3 Å². The van der Waals surface area contributed by atoms with Crippen LogP contribution < -0.4 is 21.3 Å². The SMILES string of the molecule is C=CCOP(=O)(OCCNC(=O)NCCOP(=O)(OCC=C)OC[C@@H](COCC[C@@H](CCCCCCC)OC(=O)CCCCCCCCCCC)NC(=O)CC(=O)CCCCCCCCCCC)OC[C@@H](COCC[C@@H](CCCCCCC)OC(C)=O)NC(=O)CC(=O)CCCCCCCCCCC. The Labute approximate surface area is 629 Å². The summed E-state index contributed by atoms with van der Waals surface area (Å²) >= 11 is 0. The highest BCUT2D eigenvalue weighted by atomic mass is 31.2. The predicted molar refractivity (Wildman–Crippen MR) is 414 cm³/mol. The van der Waals surface area contributed by atoms with Gasteiger partial charge in [-0.25, -0.2) is 13.9 Å². The van der Waals surface area contributed by atoms with Crippen molar-refractivity contribution in [2.24, 2.45) is 0 Å². The second kappa shape index (κ2) is 72.0. The summed E-state index contributed by atoms with van der Waals surface area (Å²) in [6.07, 6.45) is 44.7. The molecule has 0 heterocycles. The lowest BCUT2D eigenvalue weighted by atomic mass is 10.0. The van der Waals surface area contributed by atoms with Crippen LogP contribution in [-0.2, 0) is 84.0 Å². The third-order valence-corrected chi connectivity index (χ3v) is 20.4. The number of urea groups is 1. The number of carbonyl (C=O) groups is 7. The minimum absolute atomic E-state index is 0.111. The van der Waals surface area contributed by atoms with E-state index in [0.29, 0.717) is 44.9 Å². The highest BCUT2D eigenvalue weighted by molar-refractivity contribution is 7.48. The number of ether oxygens (including phenoxy) is 4. The number of rotatable bonds is 80. The van der Waals surface area contributed by atoms with Gasteiger partial charge in [0.05, 0.1) is 91.0 Å². The van der Waals surface area contributed by atoms with Gasteiger partial charge < -0.3 is 40.2 Å². The van der Waals surface area contributed by atoms with Crippen LogP contribution in [0.15, 0.2) is 25.3 Å². The lowest BCUT2D eigenvalue weighted by molar-refractivity contribution is -0.151. The van der Waals surface area contributed by atoms with E-state index in [4.69, 9.17) is 46.1 Å². The number of hydrogen-bond donors (Lipinski definition) is 4. The van der Waals surface area contributed by atoms with Crippen LogP contribution in [0.4, 0.5) is 4.79 Å². The molecule has 608 valence electrons. The van der Waals surface area contributed by atoms with Gasteiger partial charge in [-0.15, -0.1) is 13.2 Å². The monoisotopic (exact) mass is 1520 g/mol. The number of phosphoric acid groups is 2. The summed E-state index contributed by atoms with van der Waals surface area (Å²) in [5, 5.41) is 10.7. The molecule has 4 amide bonds. The van der Waals surface area contributed by atoms with Gasteiger partial charge in [0, 0.05) is 52.1 Å². The Morgan fingerprint density at radius 3 is 1.02 bits per heavy atom. The van der Waals surface area contributed by atoms with E-state index in [2.05, 4.69) is 69.0 Å². The maximum atomic E-state index is 14.1. The van der Waals surface area contributed by atoms with E-state index in [1.54, 1.807) is 0 Å². The molecule has 0 aliphatic rings. The summed E-state index contributed by atoms with van der Waals surface area (Å²) in [5.74, 6) is -2.13. The number of hydrogen-bond acceptors (Lipinski definition) is 19. The van der Waals surface area contributed by atoms with Gasteiger partial charge in [0.15, 0.2) is 0 Å². The minimum atomic E-state index is -4.41. The van der Waals surface area contributed by atoms with Gasteiger partial charge in [-0.05, 0) is 44.9 Å². The predicted octanol–water partition coefficient (Wildman–Crippen LogP) is 19.0. The molecule has 0 bridgehead atoms. The Kier molecular flexibility index (Phi) is 69.3. The fourth-order valence-corrected chi connectivity index (χ4v) is 14.0. The molecule has 104 heavy (non-hydrogen) atoms. The topological polar surface area (TPSA) is 294 Å². The van der Waals surface area contributed by atoms with Gasteiger partial charge >= 0.3 is 33.6 Å². The van der Waals surface area contributed by atoms with Crippen molar-refractivity contribution in [3.8, 4) is 0 Å². The van der Waals surface area contributed by atoms with Gasteiger partial charge in [0.2, 0.25) is 11.8 Å². The molecular formula is C79H148N4O19P2. The summed E-state index contributed by atoms with van der Waals surface area (Å²) in [7, 11) is -8.80. The highest BCUT2D eigenvalue weighted by Crippen LogP contribution is 2.50. The fourth-order valence-electron chi connectivity index (χ4n) is 11.6. The number of ketones is 2. The van der Waals surface area contributed by atoms with Crippen molar-refractivity contribution in [3.63, 3.8) is 0 Å². The third kappa shape index (κ3) is 65.2. The van der Waals surface area contributed by atoms with Crippen LogP contribution >= 0.6 is 15.6 Å². The lowest BCUT2D eigenvalue weighted by Gasteiger charge is -2.23. The molecule has 0 aromatic heterocycles. The average Bonchev–Trinajstić information content (AvgIpc) is 0.897. The zero-order valence-electron chi connectivity index (χ0n) is 66.0. The second-order valence-corrected chi connectivity index (χ2v) is 31.0. The Balaban J connectivity index is 5.95. The molecule has 0 aliphatic heterocycles. The molecule has 0 spiro atoms. The number of carbonyl (C=O) groups excluding carboxylic acids is 7. The number of Topliss-reactive ketones (excluding diaryl/α,β-unsaturated/α-hetero) is 2. The van der Waals surface area contributed by atoms with Gasteiger partial charge in [0.25, 0.3) is 0 Å². The zero-order chi connectivity index (χ0) is 76.7. The summed E-state index contributed by atoms with van der Waals surface area (Å²) in [4.78, 5) is 90.8. The van der Waals surface area contributed by atoms with E-state index in [9.17, 15) is 42.7 Å². The van der Waals surface area contributed by atoms with E-state index >= 15 is 0 Å². The summed E-state index contributed by atoms with van der Waals surface area (Å²) in [6, 6.07) is -2.54. The first-order valence-corrected chi connectivity index (χ1v) is 43.8. The first kappa shape index (κ1) is 100. The van der Waals surface area contributed by atoms with Crippen molar-refractivity contribution >= 4 is 57.0 Å². The van der Waals surface area contributed by atoms with Crippen LogP contribution in [0.3, 0.4) is 0 Å². The summed E-state index contributed by atoms with van der Waals surface area (Å²) in [5.41, 5.74) is 0. The first-order chi connectivity index (χ1) is 50.4. The number of phosphoric ester groups is 2. The van der Waals surface area contributed by atoms with E-state index in [1.807, 2.05) is 0 Å². The average molecular weight is 1520 g/mol. The standard InChI is InChI=1S/C79H148N4O19P2/c1-9-16-21-26-29-32-35-40-43-48-72(85)63-76(87)82-70(65-93-59-53-74(101-69(8)84)50-45-38-24-19-12-4)67-99-103(91,95-57-14-6)97-61-55-80-79(90)81-56-62-98-104(92,96-58-15-7)100-68-71(83-77(88)64-73(86)49-44-41-36-33-30-27-22-17-10-2)66-94-60-54-75(51-46-39-25-20-13-5)102-78(89)52-47-42-37-34-31-28-23-18-11-3/h14-15,70-71,74-75H,6-7,9-13,16-68H2,1-5,8H3,(H,82,87)(H,83,88)(H2,80,81,90)/t70-,71-,74-,75-,103?,104?/m1/s1. The van der Waals surface area contributed by atoms with Crippen molar-refractivity contribution in [3.05, 3.63) is 25.3 Å². The Morgan fingerprint density at radius 1 is 0.365 bits per heavy atom. The molecular weight excluding hydrogens is 1370 g/mol. The quantitative estimate of drug-likeness (QED) is 0.0145. The normalized spacial score (nSPS) is 13.8. The Hall–Kier alpha value is -3.89. The largest absolute Gasteiger partial charge is 0.475 e. The van der Waals surface area contributed by atoms with Crippen LogP contribution in [0.1, 0.15) is 337 Å². The van der Waals surface area contributed by atoms with Crippen molar-refractivity contribution in [1.29, 1.82) is 0 Å². The number of esters is 2. The molecule has 6 atom stereocenters. The molecule has 23 nitrogen and oxygen atoms in total. The van der Waals surface area contributed by atoms with E-state index in [-0.39, 0.29) is 121 Å². The minimum Gasteiger partial charge on any atom is -0.462 e.